The van der Waals surface area contributed by atoms with Crippen LogP contribution in [0.4, 0.5) is 0 Å². The van der Waals surface area contributed by atoms with Crippen LogP contribution in [-0.2, 0) is 20.7 Å². The van der Waals surface area contributed by atoms with E-state index in [9.17, 15) is 4.79 Å². The Labute approximate surface area is 131 Å². The highest BCUT2D eigenvalue weighted by Gasteiger charge is 2.34. The zero-order chi connectivity index (χ0) is 15.4. The van der Waals surface area contributed by atoms with E-state index in [1.807, 2.05) is 35.2 Å². The molecule has 0 bridgehead atoms. The number of carbonyl (C=O) groups is 1. The summed E-state index contributed by atoms with van der Waals surface area (Å²) in [5.41, 5.74) is 7.21. The minimum atomic E-state index is -0.495. The van der Waals surface area contributed by atoms with E-state index in [1.54, 1.807) is 0 Å². The van der Waals surface area contributed by atoms with Crippen LogP contribution in [0.2, 0.25) is 0 Å². The van der Waals surface area contributed by atoms with Crippen molar-refractivity contribution >= 4 is 5.91 Å². The highest BCUT2D eigenvalue weighted by atomic mass is 16.5. The first kappa shape index (κ1) is 15.5. The van der Waals surface area contributed by atoms with E-state index >= 15 is 0 Å². The third-order valence-corrected chi connectivity index (χ3v) is 4.40. The fraction of sp³-hybridized carbons (Fsp3) is 0.588. The summed E-state index contributed by atoms with van der Waals surface area (Å²) in [6, 6.07) is 9.41. The normalized spacial score (nSPS) is 26.9. The molecule has 5 heteroatoms. The van der Waals surface area contributed by atoms with Gasteiger partial charge in [0.1, 0.15) is 6.10 Å². The van der Waals surface area contributed by atoms with Crippen molar-refractivity contribution in [3.63, 3.8) is 0 Å². The van der Waals surface area contributed by atoms with Crippen LogP contribution in [0.1, 0.15) is 18.4 Å². The molecule has 2 aliphatic heterocycles. The van der Waals surface area contributed by atoms with Gasteiger partial charge in [-0.1, -0.05) is 30.3 Å². The van der Waals surface area contributed by atoms with Gasteiger partial charge in [-0.15, -0.1) is 0 Å². The molecular formula is C17H24N2O3. The van der Waals surface area contributed by atoms with E-state index in [4.69, 9.17) is 15.2 Å². The van der Waals surface area contributed by atoms with Gasteiger partial charge in [0.2, 0.25) is 5.91 Å². The molecule has 3 atom stereocenters. The molecule has 120 valence electrons. The Balaban J connectivity index is 1.56. The van der Waals surface area contributed by atoms with Gasteiger partial charge in [-0.05, 0) is 24.8 Å². The maximum Gasteiger partial charge on any atom is 0.239 e. The molecule has 0 aromatic heterocycles. The number of nitrogens with zero attached hydrogens (tertiary/aromatic N) is 1. The molecule has 0 unspecified atom stereocenters. The summed E-state index contributed by atoms with van der Waals surface area (Å²) in [5, 5.41) is 0. The molecular weight excluding hydrogens is 280 g/mol. The molecule has 1 aromatic carbocycles. The van der Waals surface area contributed by atoms with Crippen molar-refractivity contribution in [3.05, 3.63) is 35.9 Å². The Kier molecular flexibility index (Phi) is 5.08. The van der Waals surface area contributed by atoms with Gasteiger partial charge in [-0.2, -0.15) is 0 Å². The Morgan fingerprint density at radius 3 is 2.73 bits per heavy atom. The average Bonchev–Trinajstić information content (AvgIpc) is 3.10. The van der Waals surface area contributed by atoms with Gasteiger partial charge in [0, 0.05) is 19.7 Å². The maximum atomic E-state index is 12.6. The number of carbonyl (C=O) groups excluding carboxylic acids is 1. The monoisotopic (exact) mass is 304 g/mol. The van der Waals surface area contributed by atoms with E-state index in [1.165, 1.54) is 0 Å². The summed E-state index contributed by atoms with van der Waals surface area (Å²) < 4.78 is 11.5. The number of morpholine rings is 1. The van der Waals surface area contributed by atoms with E-state index in [-0.39, 0.29) is 18.1 Å². The highest BCUT2D eigenvalue weighted by molar-refractivity contribution is 5.82. The van der Waals surface area contributed by atoms with E-state index in [2.05, 4.69) is 0 Å². The van der Waals surface area contributed by atoms with Crippen molar-refractivity contribution in [1.29, 1.82) is 0 Å². The quantitative estimate of drug-likeness (QED) is 0.900. The Morgan fingerprint density at radius 2 is 2.00 bits per heavy atom. The molecule has 0 aliphatic carbocycles. The summed E-state index contributed by atoms with van der Waals surface area (Å²) in [4.78, 5) is 14.4. The van der Waals surface area contributed by atoms with Crippen LogP contribution in [0.15, 0.2) is 30.3 Å². The summed E-state index contributed by atoms with van der Waals surface area (Å²) in [6.07, 6.45) is 2.78. The van der Waals surface area contributed by atoms with Gasteiger partial charge in [-0.25, -0.2) is 0 Å². The first-order valence-corrected chi connectivity index (χ1v) is 8.05. The second-order valence-electron chi connectivity index (χ2n) is 6.04. The van der Waals surface area contributed by atoms with E-state index in [0.29, 0.717) is 26.1 Å². The summed E-state index contributed by atoms with van der Waals surface area (Å²) in [7, 11) is 0. The molecule has 22 heavy (non-hydrogen) atoms. The molecule has 2 saturated heterocycles. The molecule has 1 aromatic rings. The van der Waals surface area contributed by atoms with Gasteiger partial charge in [-0.3, -0.25) is 4.79 Å². The lowest BCUT2D eigenvalue weighted by Gasteiger charge is -2.36. The minimum Gasteiger partial charge on any atom is -0.375 e. The second-order valence-corrected chi connectivity index (χ2v) is 6.04. The fourth-order valence-corrected chi connectivity index (χ4v) is 3.19. The lowest BCUT2D eigenvalue weighted by atomic mass is 10.0. The van der Waals surface area contributed by atoms with Crippen LogP contribution >= 0.6 is 0 Å². The standard InChI is InChI=1S/C17H24N2O3/c18-14(11-13-5-2-1-3-6-13)17(20)19-8-10-22-16(12-19)15-7-4-9-21-15/h1-3,5-6,14-16H,4,7-12,18H2/t14-,15+,16+/m1/s1. The predicted octanol–water partition coefficient (Wildman–Crippen LogP) is 0.963. The molecule has 3 rings (SSSR count). The van der Waals surface area contributed by atoms with Crippen molar-refractivity contribution in [2.45, 2.75) is 37.5 Å². The number of hydrogen-bond donors (Lipinski definition) is 1. The van der Waals surface area contributed by atoms with Crippen molar-refractivity contribution in [3.8, 4) is 0 Å². The Morgan fingerprint density at radius 1 is 1.23 bits per heavy atom. The third kappa shape index (κ3) is 3.66. The Bertz CT molecular complexity index is 488. The fourth-order valence-electron chi connectivity index (χ4n) is 3.19. The van der Waals surface area contributed by atoms with Gasteiger partial charge >= 0.3 is 0 Å². The number of nitrogens with two attached hydrogens (primary N) is 1. The van der Waals surface area contributed by atoms with Gasteiger partial charge in [0.05, 0.1) is 18.8 Å². The highest BCUT2D eigenvalue weighted by Crippen LogP contribution is 2.21. The second kappa shape index (κ2) is 7.22. The number of amides is 1. The maximum absolute atomic E-state index is 12.6. The van der Waals surface area contributed by atoms with Crippen LogP contribution in [-0.4, -0.2) is 55.4 Å². The van der Waals surface area contributed by atoms with Crippen LogP contribution < -0.4 is 5.73 Å². The topological polar surface area (TPSA) is 64.8 Å². The number of rotatable bonds is 4. The zero-order valence-electron chi connectivity index (χ0n) is 12.8. The van der Waals surface area contributed by atoms with E-state index < -0.39 is 6.04 Å². The number of ether oxygens (including phenoxy) is 2. The number of benzene rings is 1. The molecule has 2 N–H and O–H groups in total. The minimum absolute atomic E-state index is 0.00940. The smallest absolute Gasteiger partial charge is 0.239 e. The first-order chi connectivity index (χ1) is 10.7. The lowest BCUT2D eigenvalue weighted by Crippen LogP contribution is -2.54. The van der Waals surface area contributed by atoms with E-state index in [0.717, 1.165) is 25.0 Å². The zero-order valence-corrected chi connectivity index (χ0v) is 12.8. The van der Waals surface area contributed by atoms with Gasteiger partial charge < -0.3 is 20.1 Å². The number of hydrogen-bond acceptors (Lipinski definition) is 4. The predicted molar refractivity (Wildman–Crippen MR) is 83.4 cm³/mol. The van der Waals surface area contributed by atoms with Crippen LogP contribution in [0.5, 0.6) is 0 Å². The summed E-state index contributed by atoms with van der Waals surface area (Å²) in [5.74, 6) is 0.00940. The van der Waals surface area contributed by atoms with Crippen molar-refractivity contribution in [1.82, 2.24) is 4.90 Å². The molecule has 1 amide bonds. The molecule has 0 spiro atoms. The van der Waals surface area contributed by atoms with Crippen LogP contribution in [0, 0.1) is 0 Å². The van der Waals surface area contributed by atoms with Crippen molar-refractivity contribution in [2.75, 3.05) is 26.3 Å². The summed E-state index contributed by atoms with van der Waals surface area (Å²) in [6.45, 7) is 2.57. The Hall–Kier alpha value is -1.43. The SMILES string of the molecule is N[C@H](Cc1ccccc1)C(=O)N1CCO[C@H]([C@@H]2CCCO2)C1. The molecule has 2 aliphatic rings. The largest absolute Gasteiger partial charge is 0.375 e. The van der Waals surface area contributed by atoms with Gasteiger partial charge in [0.15, 0.2) is 0 Å². The van der Waals surface area contributed by atoms with Crippen LogP contribution in [0.3, 0.4) is 0 Å². The average molecular weight is 304 g/mol. The molecule has 0 radical (unpaired) electrons. The summed E-state index contributed by atoms with van der Waals surface area (Å²) >= 11 is 0. The molecule has 2 fully saturated rings. The third-order valence-electron chi connectivity index (χ3n) is 4.40. The molecule has 0 saturated carbocycles. The van der Waals surface area contributed by atoms with Crippen LogP contribution in [0.25, 0.3) is 0 Å². The first-order valence-electron chi connectivity index (χ1n) is 8.05. The van der Waals surface area contributed by atoms with Gasteiger partial charge in [0.25, 0.3) is 0 Å². The van der Waals surface area contributed by atoms with Crippen molar-refractivity contribution < 1.29 is 14.3 Å². The van der Waals surface area contributed by atoms with Crippen molar-refractivity contribution in [2.24, 2.45) is 5.73 Å². The molecule has 5 nitrogen and oxygen atoms in total. The molecule has 2 heterocycles. The lowest BCUT2D eigenvalue weighted by molar-refractivity contribution is -0.146.